The van der Waals surface area contributed by atoms with Gasteiger partial charge >= 0.3 is 11.9 Å². The van der Waals surface area contributed by atoms with E-state index in [0.717, 1.165) is 44.1 Å². The molecule has 0 amide bonds. The molecular weight excluding hydrogens is 344 g/mol. The molecule has 0 aromatic heterocycles. The van der Waals surface area contributed by atoms with Crippen LogP contribution in [0.1, 0.15) is 58.8 Å². The lowest BCUT2D eigenvalue weighted by molar-refractivity contribution is -0.186. The molecule has 0 radical (unpaired) electrons. The number of methoxy groups -OCH3 is 1. The van der Waals surface area contributed by atoms with E-state index in [1.54, 1.807) is 0 Å². The van der Waals surface area contributed by atoms with Crippen molar-refractivity contribution in [1.29, 1.82) is 0 Å². The average molecular weight is 374 g/mol. The Bertz CT molecular complexity index is 711. The molecule has 4 fully saturated rings. The molecule has 4 aliphatic carbocycles. The molecule has 0 aromatic rings. The Morgan fingerprint density at radius 2 is 1.93 bits per heavy atom. The number of esters is 2. The number of allylic oxidation sites excluding steroid dienone is 1. The molecule has 0 N–H and O–H groups in total. The van der Waals surface area contributed by atoms with Crippen molar-refractivity contribution in [2.75, 3.05) is 7.11 Å². The van der Waals surface area contributed by atoms with Gasteiger partial charge in [0.25, 0.3) is 0 Å². The van der Waals surface area contributed by atoms with Gasteiger partial charge in [-0.3, -0.25) is 14.4 Å². The fourth-order valence-electron chi connectivity index (χ4n) is 7.45. The predicted octanol–water partition coefficient (Wildman–Crippen LogP) is 3.46. The maximum Gasteiger partial charge on any atom is 0.309 e. The zero-order chi connectivity index (χ0) is 19.6. The highest BCUT2D eigenvalue weighted by Gasteiger charge is 2.67. The largest absolute Gasteiger partial charge is 0.469 e. The van der Waals surface area contributed by atoms with Crippen LogP contribution in [-0.2, 0) is 23.9 Å². The third-order valence-electron chi connectivity index (χ3n) is 8.37. The molecular formula is C22H30O5. The summed E-state index contributed by atoms with van der Waals surface area (Å²) in [6, 6.07) is 0. The molecule has 148 valence electrons. The van der Waals surface area contributed by atoms with Gasteiger partial charge in [0, 0.05) is 12.3 Å². The maximum atomic E-state index is 13.2. The van der Waals surface area contributed by atoms with E-state index in [1.807, 2.05) is 0 Å². The standard InChI is InChI=1S/C22H30O5/c1-12-14-5-6-18-21(3)11-15(27-13(2)23)9-16(20(25)26-4)17(21)7-8-22(18,10-14)19(12)24/h14-18H,1,5-11H2,2-4H3/t14-,15-,16-,17?,18+,21-,22-/m1/s1. The van der Waals surface area contributed by atoms with Crippen molar-refractivity contribution in [2.24, 2.45) is 34.5 Å². The molecule has 5 heteroatoms. The molecule has 1 unspecified atom stereocenters. The zero-order valence-electron chi connectivity index (χ0n) is 16.6. The van der Waals surface area contributed by atoms with E-state index in [9.17, 15) is 14.4 Å². The maximum absolute atomic E-state index is 13.2. The van der Waals surface area contributed by atoms with Gasteiger partial charge in [0.2, 0.25) is 0 Å². The van der Waals surface area contributed by atoms with Gasteiger partial charge in [-0.1, -0.05) is 13.5 Å². The van der Waals surface area contributed by atoms with Gasteiger partial charge in [-0.25, -0.2) is 0 Å². The van der Waals surface area contributed by atoms with Gasteiger partial charge in [0.05, 0.1) is 13.0 Å². The molecule has 7 atom stereocenters. The van der Waals surface area contributed by atoms with Crippen LogP contribution in [0.25, 0.3) is 0 Å². The Morgan fingerprint density at radius 3 is 2.59 bits per heavy atom. The first kappa shape index (κ1) is 18.7. The van der Waals surface area contributed by atoms with E-state index < -0.39 is 0 Å². The normalized spacial score (nSPS) is 45.7. The highest BCUT2D eigenvalue weighted by atomic mass is 16.5. The van der Waals surface area contributed by atoms with Crippen molar-refractivity contribution < 1.29 is 23.9 Å². The predicted molar refractivity (Wildman–Crippen MR) is 98.5 cm³/mol. The van der Waals surface area contributed by atoms with E-state index in [1.165, 1.54) is 14.0 Å². The molecule has 4 aliphatic rings. The lowest BCUT2D eigenvalue weighted by atomic mass is 9.43. The smallest absolute Gasteiger partial charge is 0.309 e. The number of hydrogen-bond acceptors (Lipinski definition) is 5. The number of fused-ring (bicyclic) bond motifs is 3. The molecule has 2 bridgehead atoms. The van der Waals surface area contributed by atoms with Crippen LogP contribution >= 0.6 is 0 Å². The number of hydrogen-bond donors (Lipinski definition) is 0. The molecule has 0 saturated heterocycles. The summed E-state index contributed by atoms with van der Waals surface area (Å²) in [6.45, 7) is 7.75. The van der Waals surface area contributed by atoms with Crippen LogP contribution in [-0.4, -0.2) is 30.9 Å². The summed E-state index contributed by atoms with van der Waals surface area (Å²) in [5.41, 5.74) is 0.293. The van der Waals surface area contributed by atoms with Crippen LogP contribution in [0.5, 0.6) is 0 Å². The third-order valence-corrected chi connectivity index (χ3v) is 8.37. The van der Waals surface area contributed by atoms with Crippen LogP contribution in [0.15, 0.2) is 12.2 Å². The number of ketones is 1. The summed E-state index contributed by atoms with van der Waals surface area (Å²) in [6.07, 6.45) is 5.56. The summed E-state index contributed by atoms with van der Waals surface area (Å²) < 4.78 is 10.7. The summed E-state index contributed by atoms with van der Waals surface area (Å²) >= 11 is 0. The van der Waals surface area contributed by atoms with E-state index in [2.05, 4.69) is 13.5 Å². The summed E-state index contributed by atoms with van der Waals surface area (Å²) in [4.78, 5) is 37.4. The van der Waals surface area contributed by atoms with E-state index in [4.69, 9.17) is 9.47 Å². The molecule has 1 spiro atoms. The monoisotopic (exact) mass is 374 g/mol. The highest BCUT2D eigenvalue weighted by Crippen LogP contribution is 2.69. The minimum Gasteiger partial charge on any atom is -0.469 e. The third kappa shape index (κ3) is 2.53. The Hall–Kier alpha value is -1.65. The first-order chi connectivity index (χ1) is 12.7. The van der Waals surface area contributed by atoms with E-state index >= 15 is 0 Å². The van der Waals surface area contributed by atoms with E-state index in [-0.39, 0.29) is 52.4 Å². The van der Waals surface area contributed by atoms with Crippen LogP contribution in [0.3, 0.4) is 0 Å². The lowest BCUT2D eigenvalue weighted by Gasteiger charge is -2.61. The molecule has 27 heavy (non-hydrogen) atoms. The number of carbonyl (C=O) groups excluding carboxylic acids is 3. The summed E-state index contributed by atoms with van der Waals surface area (Å²) in [7, 11) is 1.43. The minimum absolute atomic E-state index is 0.172. The van der Waals surface area contributed by atoms with Gasteiger partial charge in [-0.15, -0.1) is 0 Å². The van der Waals surface area contributed by atoms with Crippen molar-refractivity contribution in [3.8, 4) is 0 Å². The van der Waals surface area contributed by atoms with Crippen molar-refractivity contribution in [3.05, 3.63) is 12.2 Å². The van der Waals surface area contributed by atoms with Crippen molar-refractivity contribution >= 4 is 17.7 Å². The Kier molecular flexibility index (Phi) is 4.28. The van der Waals surface area contributed by atoms with Gasteiger partial charge in [0.15, 0.2) is 5.78 Å². The molecule has 4 rings (SSSR count). The quantitative estimate of drug-likeness (QED) is 0.547. The number of rotatable bonds is 2. The van der Waals surface area contributed by atoms with Crippen LogP contribution in [0.2, 0.25) is 0 Å². The molecule has 0 aliphatic heterocycles. The molecule has 4 saturated carbocycles. The molecule has 0 aromatic carbocycles. The lowest BCUT2D eigenvalue weighted by Crippen LogP contribution is -2.59. The number of carbonyl (C=O) groups is 3. The number of Topliss-reactive ketones (excluding diaryl/α,β-unsaturated/α-hetero) is 1. The minimum atomic E-state index is -0.315. The van der Waals surface area contributed by atoms with Crippen LogP contribution < -0.4 is 0 Å². The van der Waals surface area contributed by atoms with Gasteiger partial charge in [-0.2, -0.15) is 0 Å². The second-order valence-corrected chi connectivity index (χ2v) is 9.49. The highest BCUT2D eigenvalue weighted by molar-refractivity contribution is 6.03. The first-order valence-corrected chi connectivity index (χ1v) is 10.2. The van der Waals surface area contributed by atoms with Crippen molar-refractivity contribution in [2.45, 2.75) is 64.9 Å². The fourth-order valence-corrected chi connectivity index (χ4v) is 7.45. The number of ether oxygens (including phenoxy) is 2. The first-order valence-electron chi connectivity index (χ1n) is 10.2. The second kappa shape index (κ2) is 6.18. The fraction of sp³-hybridized carbons (Fsp3) is 0.773. The second-order valence-electron chi connectivity index (χ2n) is 9.49. The van der Waals surface area contributed by atoms with Crippen LogP contribution in [0, 0.1) is 34.5 Å². The average Bonchev–Trinajstić information content (AvgIpc) is 2.79. The Morgan fingerprint density at radius 1 is 1.19 bits per heavy atom. The van der Waals surface area contributed by atoms with Crippen LogP contribution in [0.4, 0.5) is 0 Å². The summed E-state index contributed by atoms with van der Waals surface area (Å²) in [5, 5.41) is 0. The Balaban J connectivity index is 1.74. The molecule has 5 nitrogen and oxygen atoms in total. The van der Waals surface area contributed by atoms with Crippen molar-refractivity contribution in [3.63, 3.8) is 0 Å². The zero-order valence-corrected chi connectivity index (χ0v) is 16.6. The summed E-state index contributed by atoms with van der Waals surface area (Å²) in [5.74, 6) is 0.188. The SMILES string of the molecule is C=C1C(=O)[C@@]23CCC4[C@H](C(=O)OC)C[C@@H](OC(C)=O)C[C@@]4(C)[C@@H]2CC[C@@H]1C3. The van der Waals surface area contributed by atoms with Gasteiger partial charge in [0.1, 0.15) is 6.10 Å². The van der Waals surface area contributed by atoms with Gasteiger partial charge in [-0.05, 0) is 73.7 Å². The van der Waals surface area contributed by atoms with E-state index in [0.29, 0.717) is 12.3 Å². The van der Waals surface area contributed by atoms with Crippen molar-refractivity contribution in [1.82, 2.24) is 0 Å². The Labute approximate surface area is 160 Å². The van der Waals surface area contributed by atoms with Gasteiger partial charge < -0.3 is 9.47 Å². The topological polar surface area (TPSA) is 69.7 Å². The molecule has 0 heterocycles.